The van der Waals surface area contributed by atoms with Gasteiger partial charge in [0, 0.05) is 30.6 Å². The summed E-state index contributed by atoms with van der Waals surface area (Å²) in [4.78, 5) is 51.3. The van der Waals surface area contributed by atoms with E-state index in [1.54, 1.807) is 38.1 Å². The molecule has 12 nitrogen and oxygen atoms in total. The lowest BCUT2D eigenvalue weighted by Gasteiger charge is -2.30. The zero-order valence-corrected chi connectivity index (χ0v) is 19.2. The molecular weight excluding hydrogens is 456 g/mol. The van der Waals surface area contributed by atoms with E-state index in [1.807, 2.05) is 4.90 Å². The molecule has 35 heavy (non-hydrogen) atoms. The van der Waals surface area contributed by atoms with Crippen molar-refractivity contribution in [3.8, 4) is 0 Å². The average Bonchev–Trinajstić information content (AvgIpc) is 2.87. The fourth-order valence-corrected chi connectivity index (χ4v) is 3.86. The van der Waals surface area contributed by atoms with E-state index in [-0.39, 0.29) is 28.5 Å². The molecule has 1 saturated heterocycles. The first-order valence-corrected chi connectivity index (χ1v) is 11.0. The number of anilines is 1. The van der Waals surface area contributed by atoms with Crippen molar-refractivity contribution in [2.75, 3.05) is 31.2 Å². The van der Waals surface area contributed by atoms with Gasteiger partial charge in [0.2, 0.25) is 0 Å². The highest BCUT2D eigenvalue weighted by molar-refractivity contribution is 6.07. The summed E-state index contributed by atoms with van der Waals surface area (Å²) in [6, 6.07) is 10.3. The molecule has 4 rings (SSSR count). The van der Waals surface area contributed by atoms with E-state index in [0.717, 1.165) is 0 Å². The van der Waals surface area contributed by atoms with Crippen LogP contribution in [0.3, 0.4) is 0 Å². The second-order valence-corrected chi connectivity index (χ2v) is 8.20. The summed E-state index contributed by atoms with van der Waals surface area (Å²) < 4.78 is 6.55. The lowest BCUT2D eigenvalue weighted by atomic mass is 10.1. The Morgan fingerprint density at radius 2 is 1.71 bits per heavy atom. The Kier molecular flexibility index (Phi) is 6.73. The molecule has 0 atom stereocenters. The van der Waals surface area contributed by atoms with Gasteiger partial charge in [-0.3, -0.25) is 35.3 Å². The number of nitro groups is 1. The summed E-state index contributed by atoms with van der Waals surface area (Å²) in [6.45, 7) is 5.47. The highest BCUT2D eigenvalue weighted by Crippen LogP contribution is 2.26. The second kappa shape index (κ2) is 9.89. The number of hydrogen-bond donors (Lipinski definition) is 2. The van der Waals surface area contributed by atoms with Gasteiger partial charge in [0.05, 0.1) is 40.8 Å². The van der Waals surface area contributed by atoms with Crippen LogP contribution < -0.4 is 21.3 Å². The van der Waals surface area contributed by atoms with E-state index in [2.05, 4.69) is 16.0 Å². The van der Waals surface area contributed by atoms with Crippen LogP contribution in [0.5, 0.6) is 0 Å². The van der Waals surface area contributed by atoms with Crippen LogP contribution in [0.1, 0.15) is 40.7 Å². The monoisotopic (exact) mass is 480 g/mol. The Morgan fingerprint density at radius 1 is 1.06 bits per heavy atom. The van der Waals surface area contributed by atoms with Gasteiger partial charge in [-0.2, -0.15) is 5.10 Å². The lowest BCUT2D eigenvalue weighted by molar-refractivity contribution is -0.384. The van der Waals surface area contributed by atoms with Crippen molar-refractivity contribution in [2.24, 2.45) is 0 Å². The molecule has 2 N–H and O–H groups in total. The number of nitrogens with zero attached hydrogens (tertiary/aromatic N) is 4. The molecule has 0 radical (unpaired) electrons. The number of morpholine rings is 1. The number of carbonyl (C=O) groups is 2. The van der Waals surface area contributed by atoms with Crippen LogP contribution in [0, 0.1) is 10.1 Å². The molecule has 182 valence electrons. The molecule has 0 unspecified atom stereocenters. The number of aromatic nitrogens is 2. The molecule has 1 fully saturated rings. The van der Waals surface area contributed by atoms with Crippen molar-refractivity contribution in [1.82, 2.24) is 20.6 Å². The van der Waals surface area contributed by atoms with Crippen LogP contribution in [0.2, 0.25) is 0 Å². The second-order valence-electron chi connectivity index (χ2n) is 8.20. The summed E-state index contributed by atoms with van der Waals surface area (Å²) in [6.07, 6.45) is 0. The zero-order chi connectivity index (χ0) is 25.1. The summed E-state index contributed by atoms with van der Waals surface area (Å²) in [7, 11) is 0. The minimum Gasteiger partial charge on any atom is -0.378 e. The SMILES string of the molecule is CC(C)n1nc(C(=O)NNC(=O)c2cc([N+](=O)[O-])ccc2N2CCOCC2)c2ccccc2c1=O. The van der Waals surface area contributed by atoms with E-state index in [4.69, 9.17) is 4.74 Å². The van der Waals surface area contributed by atoms with E-state index >= 15 is 0 Å². The number of amides is 2. The van der Waals surface area contributed by atoms with Crippen LogP contribution in [-0.2, 0) is 4.74 Å². The number of nitro benzene ring substituents is 1. The van der Waals surface area contributed by atoms with E-state index in [0.29, 0.717) is 42.8 Å². The highest BCUT2D eigenvalue weighted by Gasteiger charge is 2.23. The number of ether oxygens (including phenoxy) is 1. The van der Waals surface area contributed by atoms with Crippen molar-refractivity contribution in [3.63, 3.8) is 0 Å². The van der Waals surface area contributed by atoms with Gasteiger partial charge < -0.3 is 9.64 Å². The Bertz CT molecular complexity index is 1360. The Balaban J connectivity index is 1.63. The summed E-state index contributed by atoms with van der Waals surface area (Å²) in [5, 5.41) is 16.2. The largest absolute Gasteiger partial charge is 0.378 e. The summed E-state index contributed by atoms with van der Waals surface area (Å²) >= 11 is 0. The van der Waals surface area contributed by atoms with Crippen LogP contribution >= 0.6 is 0 Å². The molecular formula is C23H24N6O6. The van der Waals surface area contributed by atoms with Gasteiger partial charge in [-0.1, -0.05) is 18.2 Å². The quantitative estimate of drug-likeness (QED) is 0.415. The first kappa shape index (κ1) is 23.8. The van der Waals surface area contributed by atoms with Crippen molar-refractivity contribution >= 4 is 34.0 Å². The van der Waals surface area contributed by atoms with Crippen LogP contribution in [-0.4, -0.2) is 52.8 Å². The van der Waals surface area contributed by atoms with Gasteiger partial charge in [-0.05, 0) is 26.0 Å². The number of nitrogens with one attached hydrogen (secondary N) is 2. The lowest BCUT2D eigenvalue weighted by Crippen LogP contribution is -2.44. The van der Waals surface area contributed by atoms with Crippen molar-refractivity contribution < 1.29 is 19.2 Å². The number of fused-ring (bicyclic) bond motifs is 1. The van der Waals surface area contributed by atoms with Gasteiger partial charge in [-0.15, -0.1) is 0 Å². The maximum absolute atomic E-state index is 13.0. The fourth-order valence-electron chi connectivity index (χ4n) is 3.86. The van der Waals surface area contributed by atoms with E-state index in [9.17, 15) is 24.5 Å². The van der Waals surface area contributed by atoms with Crippen LogP contribution in [0.4, 0.5) is 11.4 Å². The number of hydrogen-bond acceptors (Lipinski definition) is 8. The fraction of sp³-hybridized carbons (Fsp3) is 0.304. The molecule has 0 saturated carbocycles. The molecule has 12 heteroatoms. The smallest absolute Gasteiger partial charge is 0.290 e. The van der Waals surface area contributed by atoms with Gasteiger partial charge in [-0.25, -0.2) is 4.68 Å². The van der Waals surface area contributed by atoms with Gasteiger partial charge >= 0.3 is 0 Å². The maximum atomic E-state index is 13.0. The normalized spacial score (nSPS) is 13.6. The number of hydrazine groups is 1. The summed E-state index contributed by atoms with van der Waals surface area (Å²) in [5.41, 5.74) is 4.55. The third kappa shape index (κ3) is 4.82. The van der Waals surface area contributed by atoms with Crippen LogP contribution in [0.15, 0.2) is 47.3 Å². The Hall–Kier alpha value is -4.32. The maximum Gasteiger partial charge on any atom is 0.290 e. The molecule has 1 aromatic heterocycles. The molecule has 1 aliphatic heterocycles. The third-order valence-corrected chi connectivity index (χ3v) is 5.61. The van der Waals surface area contributed by atoms with Gasteiger partial charge in [0.1, 0.15) is 0 Å². The molecule has 0 spiro atoms. The predicted octanol–water partition coefficient (Wildman–Crippen LogP) is 1.80. The number of carbonyl (C=O) groups excluding carboxylic acids is 2. The minimum absolute atomic E-state index is 0.0337. The van der Waals surface area contributed by atoms with Crippen molar-refractivity contribution in [2.45, 2.75) is 19.9 Å². The molecule has 2 aromatic carbocycles. The Labute approximate surface area is 199 Å². The number of rotatable bonds is 5. The van der Waals surface area contributed by atoms with Gasteiger partial charge in [0.25, 0.3) is 23.1 Å². The van der Waals surface area contributed by atoms with Crippen LogP contribution in [0.25, 0.3) is 10.8 Å². The number of non-ortho nitro benzene ring substituents is 1. The zero-order valence-electron chi connectivity index (χ0n) is 19.2. The average molecular weight is 480 g/mol. The first-order chi connectivity index (χ1) is 16.8. The molecule has 2 amide bonds. The topological polar surface area (TPSA) is 149 Å². The molecule has 0 aliphatic carbocycles. The van der Waals surface area contributed by atoms with Crippen molar-refractivity contribution in [1.29, 1.82) is 0 Å². The Morgan fingerprint density at radius 3 is 2.37 bits per heavy atom. The van der Waals surface area contributed by atoms with Crippen molar-refractivity contribution in [3.05, 3.63) is 74.2 Å². The predicted molar refractivity (Wildman–Crippen MR) is 127 cm³/mol. The molecule has 0 bridgehead atoms. The third-order valence-electron chi connectivity index (χ3n) is 5.61. The first-order valence-electron chi connectivity index (χ1n) is 11.0. The van der Waals surface area contributed by atoms with Gasteiger partial charge in [0.15, 0.2) is 5.69 Å². The summed E-state index contributed by atoms with van der Waals surface area (Å²) in [5.74, 6) is -1.47. The minimum atomic E-state index is -0.734. The molecule has 3 aromatic rings. The molecule has 2 heterocycles. The van der Waals surface area contributed by atoms with E-state index in [1.165, 1.54) is 22.9 Å². The highest BCUT2D eigenvalue weighted by atomic mass is 16.6. The number of benzene rings is 2. The molecule has 1 aliphatic rings. The van der Waals surface area contributed by atoms with E-state index < -0.39 is 16.7 Å². The standard InChI is InChI=1S/C23H24N6O6/c1-14(2)28-23(32)17-6-4-3-5-16(17)20(26-28)22(31)25-24-21(30)18-13-15(29(33)34)7-8-19(18)27-9-11-35-12-10-27/h3-8,13-14H,9-12H2,1-2H3,(H,24,30)(H,25,31).